The van der Waals surface area contributed by atoms with Gasteiger partial charge in [0.15, 0.2) is 0 Å². The van der Waals surface area contributed by atoms with Gasteiger partial charge in [-0.25, -0.2) is 0 Å². The molecule has 2 nitrogen and oxygen atoms in total. The number of carbonyl (C=O) groups is 1. The molecule has 0 saturated heterocycles. The number of halogens is 1. The molecule has 1 N–H and O–H groups in total. The summed E-state index contributed by atoms with van der Waals surface area (Å²) in [6.45, 7) is 2.23. The number of aliphatic carboxylic acids is 1. The predicted molar refractivity (Wildman–Crippen MR) is 72.7 cm³/mol. The van der Waals surface area contributed by atoms with Gasteiger partial charge in [0.2, 0.25) is 0 Å². The summed E-state index contributed by atoms with van der Waals surface area (Å²) in [6, 6.07) is 0. The van der Waals surface area contributed by atoms with Crippen molar-refractivity contribution >= 4 is 28.6 Å². The van der Waals surface area contributed by atoms with Crippen LogP contribution in [0.4, 0.5) is 0 Å². The van der Waals surface area contributed by atoms with E-state index in [4.69, 9.17) is 5.11 Å². The molecule has 3 heteroatoms. The molecule has 0 bridgehead atoms. The first kappa shape index (κ1) is 15.2. The van der Waals surface area contributed by atoms with Crippen LogP contribution in [0, 0.1) is 0 Å². The first-order chi connectivity index (χ1) is 7.18. The second-order valence-electron chi connectivity index (χ2n) is 4.07. The topological polar surface area (TPSA) is 37.3 Å². The molecule has 0 saturated carbocycles. The van der Waals surface area contributed by atoms with Crippen LogP contribution in [0.25, 0.3) is 0 Å². The summed E-state index contributed by atoms with van der Waals surface area (Å²) in [5.74, 6) is -0.668. The summed E-state index contributed by atoms with van der Waals surface area (Å²) < 4.78 is -0.192. The molecule has 0 radical (unpaired) electrons. The lowest BCUT2D eigenvalue weighted by Crippen LogP contribution is -2.11. The third-order valence-electron chi connectivity index (χ3n) is 2.58. The summed E-state index contributed by atoms with van der Waals surface area (Å²) in [4.78, 5) is 10.5. The van der Waals surface area contributed by atoms with Gasteiger partial charge in [-0.2, -0.15) is 0 Å². The fourth-order valence-electron chi connectivity index (χ4n) is 1.58. The van der Waals surface area contributed by atoms with E-state index in [1.807, 2.05) is 22.6 Å². The lowest BCUT2D eigenvalue weighted by molar-refractivity contribution is -0.136. The van der Waals surface area contributed by atoms with E-state index in [1.54, 1.807) is 0 Å². The number of alkyl halides is 1. The van der Waals surface area contributed by atoms with Crippen LogP contribution in [0.2, 0.25) is 0 Å². The number of hydrogen-bond donors (Lipinski definition) is 1. The maximum absolute atomic E-state index is 10.5. The highest BCUT2D eigenvalue weighted by Gasteiger charge is 2.11. The molecule has 0 rings (SSSR count). The predicted octanol–water partition coefficient (Wildman–Crippen LogP) is 4.41. The Labute approximate surface area is 107 Å². The number of rotatable bonds is 10. The van der Waals surface area contributed by atoms with Crippen LogP contribution in [-0.4, -0.2) is 15.0 Å². The van der Waals surface area contributed by atoms with Gasteiger partial charge in [-0.3, -0.25) is 4.79 Å². The molecule has 0 heterocycles. The Balaban J connectivity index is 3.08. The molecule has 1 unspecified atom stereocenters. The van der Waals surface area contributed by atoms with Gasteiger partial charge in [0, 0.05) is 0 Å². The van der Waals surface area contributed by atoms with E-state index in [-0.39, 0.29) is 3.92 Å². The standard InChI is InChI=1S/C12H23IO2/c1-2-3-4-5-6-7-8-9-10-11(13)12(14)15/h11H,2-10H2,1H3,(H,14,15). The van der Waals surface area contributed by atoms with Gasteiger partial charge in [-0.1, -0.05) is 80.9 Å². The fourth-order valence-corrected chi connectivity index (χ4v) is 2.02. The first-order valence-electron chi connectivity index (χ1n) is 6.05. The largest absolute Gasteiger partial charge is 0.480 e. The zero-order chi connectivity index (χ0) is 11.5. The van der Waals surface area contributed by atoms with Gasteiger partial charge in [0.25, 0.3) is 0 Å². The van der Waals surface area contributed by atoms with Crippen molar-refractivity contribution in [2.75, 3.05) is 0 Å². The van der Waals surface area contributed by atoms with Crippen molar-refractivity contribution in [1.29, 1.82) is 0 Å². The van der Waals surface area contributed by atoms with Gasteiger partial charge >= 0.3 is 5.97 Å². The lowest BCUT2D eigenvalue weighted by atomic mass is 10.1. The molecule has 1 atom stereocenters. The fraction of sp³-hybridized carbons (Fsp3) is 0.917. The Morgan fingerprint density at radius 2 is 1.53 bits per heavy atom. The third kappa shape index (κ3) is 10.5. The van der Waals surface area contributed by atoms with E-state index >= 15 is 0 Å². The SMILES string of the molecule is CCCCCCCCCCC(I)C(=O)O. The molecule has 0 fully saturated rings. The molecule has 0 aromatic heterocycles. The Bertz CT molecular complexity index is 160. The zero-order valence-electron chi connectivity index (χ0n) is 9.67. The minimum Gasteiger partial charge on any atom is -0.480 e. The molecule has 0 aliphatic rings. The molecule has 0 spiro atoms. The number of carboxylic acid groups (broad SMARTS) is 1. The van der Waals surface area contributed by atoms with E-state index < -0.39 is 5.97 Å². The summed E-state index contributed by atoms with van der Waals surface area (Å²) in [7, 11) is 0. The molecule has 0 aliphatic heterocycles. The first-order valence-corrected chi connectivity index (χ1v) is 7.30. The van der Waals surface area contributed by atoms with E-state index in [0.29, 0.717) is 0 Å². The van der Waals surface area contributed by atoms with E-state index in [2.05, 4.69) is 6.92 Å². The van der Waals surface area contributed by atoms with Gasteiger partial charge in [0.05, 0.1) is 0 Å². The van der Waals surface area contributed by atoms with Crippen molar-refractivity contribution < 1.29 is 9.90 Å². The van der Waals surface area contributed by atoms with Gasteiger partial charge < -0.3 is 5.11 Å². The average Bonchev–Trinajstić information content (AvgIpc) is 2.21. The summed E-state index contributed by atoms with van der Waals surface area (Å²) in [5.41, 5.74) is 0. The second kappa shape index (κ2) is 10.7. The van der Waals surface area contributed by atoms with Crippen LogP contribution in [-0.2, 0) is 4.79 Å². The Morgan fingerprint density at radius 1 is 1.07 bits per heavy atom. The molecule has 15 heavy (non-hydrogen) atoms. The molecule has 0 aliphatic carbocycles. The normalized spacial score (nSPS) is 12.7. The third-order valence-corrected chi connectivity index (χ3v) is 3.73. The Kier molecular flexibility index (Phi) is 10.9. The highest BCUT2D eigenvalue weighted by molar-refractivity contribution is 14.1. The summed E-state index contributed by atoms with van der Waals surface area (Å²) in [6.07, 6.45) is 11.0. The minimum atomic E-state index is -0.668. The van der Waals surface area contributed by atoms with Crippen LogP contribution in [0.5, 0.6) is 0 Å². The monoisotopic (exact) mass is 326 g/mol. The van der Waals surface area contributed by atoms with E-state index in [0.717, 1.165) is 12.8 Å². The quantitative estimate of drug-likeness (QED) is 0.367. The number of unbranched alkanes of at least 4 members (excludes halogenated alkanes) is 7. The van der Waals surface area contributed by atoms with Crippen molar-refractivity contribution in [2.24, 2.45) is 0 Å². The molecule has 0 aromatic rings. The molecule has 0 aromatic carbocycles. The smallest absolute Gasteiger partial charge is 0.316 e. The molecular weight excluding hydrogens is 303 g/mol. The number of carboxylic acids is 1. The Hall–Kier alpha value is 0.200. The van der Waals surface area contributed by atoms with Gasteiger partial charge in [-0.15, -0.1) is 0 Å². The van der Waals surface area contributed by atoms with Crippen molar-refractivity contribution in [2.45, 2.75) is 68.6 Å². The van der Waals surface area contributed by atoms with Crippen LogP contribution in [0.1, 0.15) is 64.7 Å². The maximum atomic E-state index is 10.5. The maximum Gasteiger partial charge on any atom is 0.316 e. The van der Waals surface area contributed by atoms with Crippen LogP contribution in [0.3, 0.4) is 0 Å². The molecule has 0 amide bonds. The minimum absolute atomic E-state index is 0.192. The second-order valence-corrected chi connectivity index (χ2v) is 5.57. The highest BCUT2D eigenvalue weighted by atomic mass is 127. The van der Waals surface area contributed by atoms with Crippen molar-refractivity contribution in [1.82, 2.24) is 0 Å². The highest BCUT2D eigenvalue weighted by Crippen LogP contribution is 2.14. The Morgan fingerprint density at radius 3 is 2.00 bits per heavy atom. The summed E-state index contributed by atoms with van der Waals surface area (Å²) >= 11 is 2.01. The van der Waals surface area contributed by atoms with E-state index in [9.17, 15) is 4.79 Å². The lowest BCUT2D eigenvalue weighted by Gasteiger charge is -2.04. The summed E-state index contributed by atoms with van der Waals surface area (Å²) in [5, 5.41) is 8.67. The zero-order valence-corrected chi connectivity index (χ0v) is 11.8. The molecule has 90 valence electrons. The van der Waals surface area contributed by atoms with Crippen LogP contribution < -0.4 is 0 Å². The molecular formula is C12H23IO2. The van der Waals surface area contributed by atoms with Crippen molar-refractivity contribution in [3.63, 3.8) is 0 Å². The van der Waals surface area contributed by atoms with Crippen LogP contribution in [0.15, 0.2) is 0 Å². The average molecular weight is 326 g/mol. The van der Waals surface area contributed by atoms with Crippen molar-refractivity contribution in [3.05, 3.63) is 0 Å². The number of hydrogen-bond acceptors (Lipinski definition) is 1. The van der Waals surface area contributed by atoms with E-state index in [1.165, 1.54) is 44.9 Å². The van der Waals surface area contributed by atoms with Crippen LogP contribution >= 0.6 is 22.6 Å². The van der Waals surface area contributed by atoms with Crippen molar-refractivity contribution in [3.8, 4) is 0 Å². The van der Waals surface area contributed by atoms with Gasteiger partial charge in [-0.05, 0) is 6.42 Å². The van der Waals surface area contributed by atoms with Gasteiger partial charge in [0.1, 0.15) is 3.92 Å².